The van der Waals surface area contributed by atoms with Crippen LogP contribution < -0.4 is 0 Å². The summed E-state index contributed by atoms with van der Waals surface area (Å²) in [6.07, 6.45) is 87.0. The summed E-state index contributed by atoms with van der Waals surface area (Å²) in [4.78, 5) is 73.0. The van der Waals surface area contributed by atoms with Crippen molar-refractivity contribution in [2.24, 2.45) is 0 Å². The highest BCUT2D eigenvalue weighted by molar-refractivity contribution is 7.47. The number of aliphatic hydroxyl groups is 1. The monoisotopic (exact) mass is 1500 g/mol. The molecule has 104 heavy (non-hydrogen) atoms. The summed E-state index contributed by atoms with van der Waals surface area (Å²) in [7, 11) is -9.99. The van der Waals surface area contributed by atoms with E-state index in [1.807, 2.05) is 18.2 Å². The zero-order valence-corrected chi connectivity index (χ0v) is 66.7. The fourth-order valence-corrected chi connectivity index (χ4v) is 11.8. The highest BCUT2D eigenvalue weighted by Crippen LogP contribution is 2.45. The van der Waals surface area contributed by atoms with Crippen LogP contribution in [0.1, 0.15) is 310 Å². The van der Waals surface area contributed by atoms with Crippen LogP contribution >= 0.6 is 15.6 Å². The van der Waals surface area contributed by atoms with Gasteiger partial charge in [0.2, 0.25) is 0 Å². The molecule has 19 heteroatoms. The van der Waals surface area contributed by atoms with Crippen molar-refractivity contribution in [3.05, 3.63) is 146 Å². The van der Waals surface area contributed by atoms with Crippen LogP contribution in [0, 0.1) is 0 Å². The lowest BCUT2D eigenvalue weighted by Gasteiger charge is -2.21. The molecule has 0 rings (SSSR count). The number of carbonyl (C=O) groups excluding carboxylic acids is 4. The Labute approximate surface area is 630 Å². The zero-order valence-electron chi connectivity index (χ0n) is 64.9. The van der Waals surface area contributed by atoms with Crippen molar-refractivity contribution in [1.29, 1.82) is 0 Å². The maximum Gasteiger partial charge on any atom is 0.472 e. The van der Waals surface area contributed by atoms with Gasteiger partial charge in [-0.2, -0.15) is 0 Å². The molecule has 3 N–H and O–H groups in total. The summed E-state index contributed by atoms with van der Waals surface area (Å²) in [6.45, 7) is 4.50. The highest BCUT2D eigenvalue weighted by atomic mass is 31.2. The molecule has 0 amide bonds. The molecular weight excluding hydrogens is 1350 g/mol. The Hall–Kier alpha value is -5.06. The molecule has 0 aromatic heterocycles. The van der Waals surface area contributed by atoms with Crippen LogP contribution in [0.5, 0.6) is 0 Å². The number of phosphoric ester groups is 2. The predicted molar refractivity (Wildman–Crippen MR) is 427 cm³/mol. The van der Waals surface area contributed by atoms with Gasteiger partial charge in [-0.05, 0) is 154 Å². The summed E-state index contributed by atoms with van der Waals surface area (Å²) in [5.41, 5.74) is 0. The minimum Gasteiger partial charge on any atom is -0.462 e. The smallest absolute Gasteiger partial charge is 0.462 e. The third-order valence-corrected chi connectivity index (χ3v) is 18.2. The second-order valence-corrected chi connectivity index (χ2v) is 29.1. The number of rotatable bonds is 74. The van der Waals surface area contributed by atoms with E-state index in [4.69, 9.17) is 37.0 Å². The van der Waals surface area contributed by atoms with Crippen LogP contribution in [-0.4, -0.2) is 96.7 Å². The fourth-order valence-electron chi connectivity index (χ4n) is 10.2. The van der Waals surface area contributed by atoms with E-state index in [9.17, 15) is 43.2 Å². The summed E-state index contributed by atoms with van der Waals surface area (Å²) >= 11 is 0. The summed E-state index contributed by atoms with van der Waals surface area (Å²) in [5, 5.41) is 10.6. The molecule has 594 valence electrons. The number of allylic oxidation sites excluding steroid dienone is 24. The van der Waals surface area contributed by atoms with E-state index in [0.29, 0.717) is 32.1 Å². The summed E-state index contributed by atoms with van der Waals surface area (Å²) < 4.78 is 68.5. The summed E-state index contributed by atoms with van der Waals surface area (Å²) in [5.74, 6) is -2.32. The van der Waals surface area contributed by atoms with Crippen molar-refractivity contribution >= 4 is 39.5 Å². The molecule has 0 fully saturated rings. The van der Waals surface area contributed by atoms with Crippen LogP contribution in [0.15, 0.2) is 146 Å². The van der Waals surface area contributed by atoms with Crippen molar-refractivity contribution in [3.63, 3.8) is 0 Å². The van der Waals surface area contributed by atoms with Gasteiger partial charge in [0.05, 0.1) is 26.4 Å². The normalized spacial score (nSPS) is 14.6. The van der Waals surface area contributed by atoms with Crippen molar-refractivity contribution in [2.45, 2.75) is 329 Å². The lowest BCUT2D eigenvalue weighted by Crippen LogP contribution is -2.30. The number of hydrogen-bond donors (Lipinski definition) is 3. The Bertz CT molecular complexity index is 2540. The number of esters is 4. The zero-order chi connectivity index (χ0) is 76.0. The molecule has 0 aromatic carbocycles. The van der Waals surface area contributed by atoms with Gasteiger partial charge in [-0.1, -0.05) is 276 Å². The van der Waals surface area contributed by atoms with E-state index >= 15 is 0 Å². The molecule has 0 spiro atoms. The molecule has 0 saturated heterocycles. The quantitative estimate of drug-likeness (QED) is 0.0169. The average molecular weight is 1500 g/mol. The van der Waals surface area contributed by atoms with Crippen molar-refractivity contribution in [3.8, 4) is 0 Å². The second kappa shape index (κ2) is 76.1. The first kappa shape index (κ1) is 98.9. The Morgan fingerprint density at radius 1 is 0.279 bits per heavy atom. The van der Waals surface area contributed by atoms with Crippen molar-refractivity contribution in [2.75, 3.05) is 39.6 Å². The summed E-state index contributed by atoms with van der Waals surface area (Å²) in [6, 6.07) is 0. The van der Waals surface area contributed by atoms with Gasteiger partial charge in [-0.25, -0.2) is 9.13 Å². The van der Waals surface area contributed by atoms with Crippen LogP contribution in [0.2, 0.25) is 0 Å². The van der Waals surface area contributed by atoms with Crippen LogP contribution in [0.25, 0.3) is 0 Å². The van der Waals surface area contributed by atoms with E-state index < -0.39 is 97.5 Å². The largest absolute Gasteiger partial charge is 0.472 e. The molecular formula is C85H142O17P2. The van der Waals surface area contributed by atoms with Gasteiger partial charge in [-0.3, -0.25) is 37.3 Å². The average Bonchev–Trinajstić information content (AvgIpc) is 0.911. The second-order valence-electron chi connectivity index (χ2n) is 26.2. The maximum absolute atomic E-state index is 13.1. The van der Waals surface area contributed by atoms with Crippen molar-refractivity contribution in [1.82, 2.24) is 0 Å². The maximum atomic E-state index is 13.1. The molecule has 5 atom stereocenters. The third kappa shape index (κ3) is 75.2. The first-order valence-corrected chi connectivity index (χ1v) is 43.1. The molecule has 0 saturated carbocycles. The molecule has 0 bridgehead atoms. The highest BCUT2D eigenvalue weighted by Gasteiger charge is 2.30. The molecule has 0 aliphatic rings. The third-order valence-electron chi connectivity index (χ3n) is 16.3. The molecule has 0 aliphatic heterocycles. The lowest BCUT2D eigenvalue weighted by atomic mass is 10.1. The van der Waals surface area contributed by atoms with Gasteiger partial charge >= 0.3 is 39.5 Å². The van der Waals surface area contributed by atoms with Crippen LogP contribution in [0.3, 0.4) is 0 Å². The number of aliphatic hydroxyl groups excluding tert-OH is 1. The molecule has 0 aliphatic carbocycles. The van der Waals surface area contributed by atoms with E-state index in [-0.39, 0.29) is 25.7 Å². The standard InChI is InChI=1S/C85H142O17P2/c1-5-9-13-17-21-25-29-33-36-38-39-41-44-47-50-54-58-62-66-70-83(88)96-76-81(102-85(90)72-68-64-60-56-52-48-42-35-31-27-23-19-15-11-7-3)78-100-104(93,94)98-74-79(86)73-97-103(91,92)99-77-80(101-84(89)71-67-63-59-55-51-45-32-28-24-20-16-12-8-4)75-95-82(87)69-65-61-57-53-49-46-43-40-37-34-30-26-22-18-14-10-6-2/h9-10,13-14,21-22,25-26,28,32-37,39,41-43,46-47,50,58,62,79-81,86H,5-8,11-12,15-20,23-24,27,29-31,38,40,44-45,48-49,51-57,59-61,63-78H2,1-4H3,(H,91,92)(H,93,94)/b13-9-,14-10-,25-21-,26-22-,32-28-,36-33-,37-34-,41-39-,42-35-,46-43-,50-47-,62-58-. The number of phosphoric acid groups is 2. The van der Waals surface area contributed by atoms with Gasteiger partial charge < -0.3 is 33.8 Å². The topological polar surface area (TPSA) is 237 Å². The Kier molecular flexibility index (Phi) is 72.4. The Balaban J connectivity index is 5.45. The van der Waals surface area contributed by atoms with Gasteiger partial charge in [0.15, 0.2) is 12.2 Å². The molecule has 0 heterocycles. The van der Waals surface area contributed by atoms with Crippen LogP contribution in [0.4, 0.5) is 0 Å². The minimum atomic E-state index is -5.00. The molecule has 0 radical (unpaired) electrons. The number of ether oxygens (including phenoxy) is 4. The Morgan fingerprint density at radius 3 is 0.846 bits per heavy atom. The van der Waals surface area contributed by atoms with E-state index in [1.54, 1.807) is 0 Å². The predicted octanol–water partition coefficient (Wildman–Crippen LogP) is 23.4. The Morgan fingerprint density at radius 2 is 0.519 bits per heavy atom. The molecule has 5 unspecified atom stereocenters. The number of carbonyl (C=O) groups is 4. The molecule has 17 nitrogen and oxygen atoms in total. The molecule has 0 aromatic rings. The first-order valence-electron chi connectivity index (χ1n) is 40.1. The van der Waals surface area contributed by atoms with E-state index in [1.165, 1.54) is 64.2 Å². The van der Waals surface area contributed by atoms with Gasteiger partial charge in [0, 0.05) is 25.7 Å². The fraction of sp³-hybridized carbons (Fsp3) is 0.671. The van der Waals surface area contributed by atoms with Gasteiger partial charge in [0.1, 0.15) is 19.3 Å². The van der Waals surface area contributed by atoms with Gasteiger partial charge in [-0.15, -0.1) is 0 Å². The number of hydrogen-bond acceptors (Lipinski definition) is 15. The first-order chi connectivity index (χ1) is 50.7. The lowest BCUT2D eigenvalue weighted by molar-refractivity contribution is -0.161. The van der Waals surface area contributed by atoms with Gasteiger partial charge in [0.25, 0.3) is 0 Å². The van der Waals surface area contributed by atoms with E-state index in [0.717, 1.165) is 161 Å². The van der Waals surface area contributed by atoms with Crippen molar-refractivity contribution < 1.29 is 80.2 Å². The minimum absolute atomic E-state index is 0.0310. The SMILES string of the molecule is CC/C=C\C/C=C\C/C=C\C/C=C\C/C=C\C/C=C\CCC(=O)OCC(COP(=O)(O)OCC(O)COP(=O)(O)OCC(COC(=O)CCCCCC/C=C\C/C=C\C/C=C\C/C=C\CC)OC(=O)CCCCCCC/C=C\CCCCCC)OC(=O)CCCCCCC/C=C\CCCCCCCC. The number of unbranched alkanes of at least 4 members (excludes halogenated alkanes) is 24. The van der Waals surface area contributed by atoms with Crippen LogP contribution in [-0.2, 0) is 65.4 Å². The van der Waals surface area contributed by atoms with E-state index in [2.05, 4.69) is 155 Å².